The minimum absolute atomic E-state index is 0.0368. The lowest BCUT2D eigenvalue weighted by molar-refractivity contribution is -0.0162. The third-order valence-corrected chi connectivity index (χ3v) is 5.55. The number of aliphatic hydroxyl groups is 1. The molecule has 1 aliphatic heterocycles. The van der Waals surface area contributed by atoms with Crippen LogP contribution in [0.15, 0.2) is 73.1 Å². The third kappa shape index (κ3) is 4.35. The summed E-state index contributed by atoms with van der Waals surface area (Å²) in [5, 5.41) is 11.0. The number of pyridine rings is 1. The van der Waals surface area contributed by atoms with Crippen LogP contribution < -0.4 is 0 Å². The monoisotopic (exact) mass is 390 g/mol. The first kappa shape index (κ1) is 19.3. The summed E-state index contributed by atoms with van der Waals surface area (Å²) in [6, 6.07) is 17.7. The van der Waals surface area contributed by atoms with Gasteiger partial charge in [0.2, 0.25) is 0 Å². The Bertz CT molecular complexity index is 999. The summed E-state index contributed by atoms with van der Waals surface area (Å²) in [5.41, 5.74) is 2.32. The van der Waals surface area contributed by atoms with E-state index in [0.717, 1.165) is 16.7 Å². The third-order valence-electron chi connectivity index (χ3n) is 5.55. The zero-order valence-corrected chi connectivity index (χ0v) is 16.1. The topological polar surface area (TPSA) is 53.4 Å². The van der Waals surface area contributed by atoms with Crippen molar-refractivity contribution in [2.75, 3.05) is 13.1 Å². The molecule has 1 amide bonds. The summed E-state index contributed by atoms with van der Waals surface area (Å²) in [6.07, 6.45) is 4.74. The fourth-order valence-electron chi connectivity index (χ4n) is 3.95. The molecule has 4 rings (SSSR count). The molecule has 0 spiro atoms. The van der Waals surface area contributed by atoms with Crippen molar-refractivity contribution in [2.45, 2.75) is 24.9 Å². The standard InChI is InChI=1S/C24H23FN2O2/c25-20-5-3-4-18(16-20)17-24(29)10-14-27(15-11-24)23(28)22-7-2-1-6-21(22)19-8-12-26-13-9-19/h1-9,12-13,16,29H,10-11,14-15,17H2. The van der Waals surface area contributed by atoms with E-state index in [1.54, 1.807) is 23.4 Å². The maximum atomic E-state index is 13.4. The Morgan fingerprint density at radius 3 is 2.48 bits per heavy atom. The average molecular weight is 390 g/mol. The van der Waals surface area contributed by atoms with Crippen LogP contribution in [0.3, 0.4) is 0 Å². The molecule has 1 N–H and O–H groups in total. The van der Waals surface area contributed by atoms with Gasteiger partial charge in [0.1, 0.15) is 5.82 Å². The number of carbonyl (C=O) groups is 1. The second kappa shape index (κ2) is 8.13. The van der Waals surface area contributed by atoms with E-state index < -0.39 is 5.60 Å². The highest BCUT2D eigenvalue weighted by Crippen LogP contribution is 2.29. The second-order valence-corrected chi connectivity index (χ2v) is 7.60. The molecule has 1 aliphatic rings. The molecule has 2 aromatic carbocycles. The van der Waals surface area contributed by atoms with E-state index in [1.807, 2.05) is 42.5 Å². The van der Waals surface area contributed by atoms with Crippen molar-refractivity contribution in [3.63, 3.8) is 0 Å². The number of halogens is 1. The van der Waals surface area contributed by atoms with E-state index in [9.17, 15) is 14.3 Å². The minimum Gasteiger partial charge on any atom is -0.389 e. The summed E-state index contributed by atoms with van der Waals surface area (Å²) in [7, 11) is 0. The van der Waals surface area contributed by atoms with E-state index in [-0.39, 0.29) is 11.7 Å². The molecule has 0 bridgehead atoms. The van der Waals surface area contributed by atoms with Crippen LogP contribution in [0.5, 0.6) is 0 Å². The molecule has 1 fully saturated rings. The molecule has 29 heavy (non-hydrogen) atoms. The maximum absolute atomic E-state index is 13.4. The average Bonchev–Trinajstić information content (AvgIpc) is 2.74. The van der Waals surface area contributed by atoms with Gasteiger partial charge >= 0.3 is 0 Å². The van der Waals surface area contributed by atoms with Crippen molar-refractivity contribution in [2.24, 2.45) is 0 Å². The van der Waals surface area contributed by atoms with Gasteiger partial charge in [-0.3, -0.25) is 9.78 Å². The predicted molar refractivity (Wildman–Crippen MR) is 110 cm³/mol. The van der Waals surface area contributed by atoms with Gasteiger partial charge in [0, 0.05) is 37.5 Å². The molecule has 148 valence electrons. The van der Waals surface area contributed by atoms with Gasteiger partial charge in [0.15, 0.2) is 0 Å². The fourth-order valence-corrected chi connectivity index (χ4v) is 3.95. The highest BCUT2D eigenvalue weighted by molar-refractivity contribution is 6.00. The van der Waals surface area contributed by atoms with Crippen LogP contribution in [0.2, 0.25) is 0 Å². The summed E-state index contributed by atoms with van der Waals surface area (Å²) in [5.74, 6) is -0.336. The highest BCUT2D eigenvalue weighted by Gasteiger charge is 2.34. The molecule has 0 unspecified atom stereocenters. The summed E-state index contributed by atoms with van der Waals surface area (Å²) in [4.78, 5) is 19.0. The van der Waals surface area contributed by atoms with Crippen LogP contribution in [0.4, 0.5) is 4.39 Å². The van der Waals surface area contributed by atoms with Gasteiger partial charge in [-0.25, -0.2) is 4.39 Å². The maximum Gasteiger partial charge on any atom is 0.254 e. The molecule has 1 saturated heterocycles. The first-order valence-electron chi connectivity index (χ1n) is 9.80. The van der Waals surface area contributed by atoms with E-state index in [4.69, 9.17) is 0 Å². The fraction of sp³-hybridized carbons (Fsp3) is 0.250. The molecular weight excluding hydrogens is 367 g/mol. The van der Waals surface area contributed by atoms with Crippen molar-refractivity contribution in [3.05, 3.63) is 90.0 Å². The lowest BCUT2D eigenvalue weighted by Gasteiger charge is -2.38. The van der Waals surface area contributed by atoms with Crippen LogP contribution in [0.1, 0.15) is 28.8 Å². The van der Waals surface area contributed by atoms with Crippen LogP contribution in [0, 0.1) is 5.82 Å². The molecule has 0 atom stereocenters. The van der Waals surface area contributed by atoms with Crippen molar-refractivity contribution in [3.8, 4) is 11.1 Å². The Balaban J connectivity index is 1.47. The van der Waals surface area contributed by atoms with Gasteiger partial charge in [-0.15, -0.1) is 0 Å². The van der Waals surface area contributed by atoms with Crippen LogP contribution in [-0.2, 0) is 6.42 Å². The number of nitrogens with zero attached hydrogens (tertiary/aromatic N) is 2. The Morgan fingerprint density at radius 1 is 1.03 bits per heavy atom. The Kier molecular flexibility index (Phi) is 5.41. The quantitative estimate of drug-likeness (QED) is 0.730. The van der Waals surface area contributed by atoms with Gasteiger partial charge in [-0.05, 0) is 59.9 Å². The number of piperidine rings is 1. The molecule has 1 aromatic heterocycles. The first-order chi connectivity index (χ1) is 14.0. The smallest absolute Gasteiger partial charge is 0.254 e. The number of hydrogen-bond donors (Lipinski definition) is 1. The van der Waals surface area contributed by atoms with Crippen molar-refractivity contribution in [1.82, 2.24) is 9.88 Å². The number of aromatic nitrogens is 1. The molecule has 2 heterocycles. The van der Waals surface area contributed by atoms with Gasteiger partial charge in [0.05, 0.1) is 5.60 Å². The molecule has 0 radical (unpaired) electrons. The first-order valence-corrected chi connectivity index (χ1v) is 9.80. The lowest BCUT2D eigenvalue weighted by atomic mass is 9.85. The highest BCUT2D eigenvalue weighted by atomic mass is 19.1. The molecule has 0 saturated carbocycles. The predicted octanol–water partition coefficient (Wildman–Crippen LogP) is 4.10. The van der Waals surface area contributed by atoms with Gasteiger partial charge in [-0.1, -0.05) is 30.3 Å². The number of amides is 1. The summed E-state index contributed by atoms with van der Waals surface area (Å²) < 4.78 is 13.4. The number of rotatable bonds is 4. The summed E-state index contributed by atoms with van der Waals surface area (Å²) >= 11 is 0. The molecule has 3 aromatic rings. The number of benzene rings is 2. The number of hydrogen-bond acceptors (Lipinski definition) is 3. The Labute approximate surface area is 169 Å². The van der Waals surface area contributed by atoms with Gasteiger partial charge in [-0.2, -0.15) is 0 Å². The van der Waals surface area contributed by atoms with E-state index in [0.29, 0.717) is 37.9 Å². The Hall–Kier alpha value is -3.05. The minimum atomic E-state index is -0.921. The van der Waals surface area contributed by atoms with Crippen molar-refractivity contribution < 1.29 is 14.3 Å². The lowest BCUT2D eigenvalue weighted by Crippen LogP contribution is -2.47. The zero-order valence-electron chi connectivity index (χ0n) is 16.1. The zero-order chi connectivity index (χ0) is 20.3. The molecular formula is C24H23FN2O2. The van der Waals surface area contributed by atoms with Crippen molar-refractivity contribution >= 4 is 5.91 Å². The van der Waals surface area contributed by atoms with E-state index in [1.165, 1.54) is 12.1 Å². The number of likely N-dealkylation sites (tertiary alicyclic amines) is 1. The van der Waals surface area contributed by atoms with Crippen LogP contribution >= 0.6 is 0 Å². The Morgan fingerprint density at radius 2 is 1.76 bits per heavy atom. The molecule has 0 aliphatic carbocycles. The van der Waals surface area contributed by atoms with Crippen molar-refractivity contribution in [1.29, 1.82) is 0 Å². The molecule has 4 nitrogen and oxygen atoms in total. The summed E-state index contributed by atoms with van der Waals surface area (Å²) in [6.45, 7) is 0.935. The SMILES string of the molecule is O=C(c1ccccc1-c1ccncc1)N1CCC(O)(Cc2cccc(F)c2)CC1. The molecule has 5 heteroatoms. The largest absolute Gasteiger partial charge is 0.389 e. The van der Waals surface area contributed by atoms with Crippen LogP contribution in [-0.4, -0.2) is 39.6 Å². The van der Waals surface area contributed by atoms with Crippen LogP contribution in [0.25, 0.3) is 11.1 Å². The van der Waals surface area contributed by atoms with E-state index in [2.05, 4.69) is 4.98 Å². The van der Waals surface area contributed by atoms with E-state index >= 15 is 0 Å². The van der Waals surface area contributed by atoms with Gasteiger partial charge < -0.3 is 10.0 Å². The van der Waals surface area contributed by atoms with Gasteiger partial charge in [0.25, 0.3) is 5.91 Å². The normalized spacial score (nSPS) is 15.9. The number of carbonyl (C=O) groups excluding carboxylic acids is 1. The second-order valence-electron chi connectivity index (χ2n) is 7.60.